The van der Waals surface area contributed by atoms with E-state index in [1.54, 1.807) is 10.7 Å². The van der Waals surface area contributed by atoms with Crippen molar-refractivity contribution in [1.29, 1.82) is 0 Å². The highest BCUT2D eigenvalue weighted by atomic mass is 32.2. The van der Waals surface area contributed by atoms with E-state index in [9.17, 15) is 4.21 Å². The van der Waals surface area contributed by atoms with Crippen molar-refractivity contribution in [3.63, 3.8) is 0 Å². The van der Waals surface area contributed by atoms with E-state index >= 15 is 0 Å². The van der Waals surface area contributed by atoms with Crippen LogP contribution in [0.2, 0.25) is 0 Å². The average Bonchev–Trinajstić information content (AvgIpc) is 2.77. The monoisotopic (exact) mass is 247 g/mol. The highest BCUT2D eigenvalue weighted by molar-refractivity contribution is 7.95. The molecule has 1 aliphatic rings. The predicted molar refractivity (Wildman–Crippen MR) is 68.1 cm³/mol. The Morgan fingerprint density at radius 1 is 1.18 bits per heavy atom. The summed E-state index contributed by atoms with van der Waals surface area (Å²) in [5.41, 5.74) is 0.984. The van der Waals surface area contributed by atoms with E-state index in [1.165, 1.54) is 0 Å². The Morgan fingerprint density at radius 2 is 1.94 bits per heavy atom. The van der Waals surface area contributed by atoms with Gasteiger partial charge >= 0.3 is 0 Å². The molecule has 0 atom stereocenters. The molecule has 0 amide bonds. The van der Waals surface area contributed by atoms with Crippen LogP contribution >= 0.6 is 0 Å². The number of aromatic nitrogens is 2. The minimum absolute atomic E-state index is 0.568. The number of rotatable bonds is 2. The molecule has 3 rings (SSSR count). The van der Waals surface area contributed by atoms with Crippen LogP contribution in [0.25, 0.3) is 5.69 Å². The number of para-hydroxylation sites is 1. The quantitative estimate of drug-likeness (QED) is 0.818. The fraction of sp³-hybridized carbons (Fsp3) is 0.250. The number of hydrogen-bond acceptors (Lipinski definition) is 3. The Bertz CT molecular complexity index is 629. The smallest absolute Gasteiger partial charge is 0.183 e. The van der Waals surface area contributed by atoms with Gasteiger partial charge in [-0.1, -0.05) is 18.2 Å². The third-order valence-electron chi connectivity index (χ3n) is 2.78. The zero-order valence-electron chi connectivity index (χ0n) is 9.32. The van der Waals surface area contributed by atoms with Gasteiger partial charge in [-0.25, -0.2) is 8.89 Å². The van der Waals surface area contributed by atoms with Crippen molar-refractivity contribution in [3.8, 4) is 5.69 Å². The summed E-state index contributed by atoms with van der Waals surface area (Å²) in [6.45, 7) is 0. The third-order valence-corrected chi connectivity index (χ3v) is 5.16. The molecular weight excluding hydrogens is 234 g/mol. The summed E-state index contributed by atoms with van der Waals surface area (Å²) in [4.78, 5) is 0. The van der Waals surface area contributed by atoms with Gasteiger partial charge in [0.15, 0.2) is 5.82 Å². The summed E-state index contributed by atoms with van der Waals surface area (Å²) >= 11 is 0. The van der Waals surface area contributed by atoms with Gasteiger partial charge in [0.1, 0.15) is 0 Å². The van der Waals surface area contributed by atoms with Crippen LogP contribution in [-0.2, 0) is 9.73 Å². The fourth-order valence-electron chi connectivity index (χ4n) is 1.74. The molecule has 2 heterocycles. The lowest BCUT2D eigenvalue weighted by Crippen LogP contribution is -2.23. The summed E-state index contributed by atoms with van der Waals surface area (Å²) in [5, 5.41) is 4.32. The maximum absolute atomic E-state index is 11.9. The zero-order valence-corrected chi connectivity index (χ0v) is 10.1. The summed E-state index contributed by atoms with van der Waals surface area (Å²) in [7, 11) is -1.96. The molecule has 0 aliphatic carbocycles. The molecule has 1 fully saturated rings. The molecule has 0 N–H and O–H groups in total. The topological polar surface area (TPSA) is 47.2 Å². The van der Waals surface area contributed by atoms with Crippen LogP contribution in [0.1, 0.15) is 6.42 Å². The molecule has 0 radical (unpaired) electrons. The molecule has 17 heavy (non-hydrogen) atoms. The maximum atomic E-state index is 11.9. The molecule has 0 saturated carbocycles. The first kappa shape index (κ1) is 10.5. The van der Waals surface area contributed by atoms with Crippen LogP contribution in [0.15, 0.2) is 47.0 Å². The van der Waals surface area contributed by atoms with Crippen LogP contribution < -0.4 is 0 Å². The molecule has 1 aromatic carbocycles. The minimum Gasteiger partial charge on any atom is -0.249 e. The highest BCUT2D eigenvalue weighted by Gasteiger charge is 2.19. The van der Waals surface area contributed by atoms with Gasteiger partial charge in [0.25, 0.3) is 0 Å². The van der Waals surface area contributed by atoms with Gasteiger partial charge in [-0.3, -0.25) is 0 Å². The van der Waals surface area contributed by atoms with Gasteiger partial charge in [-0.15, -0.1) is 5.10 Å². The Balaban J connectivity index is 1.94. The van der Waals surface area contributed by atoms with E-state index in [0.717, 1.165) is 12.1 Å². The molecule has 0 bridgehead atoms. The van der Waals surface area contributed by atoms with Gasteiger partial charge < -0.3 is 0 Å². The van der Waals surface area contributed by atoms with Crippen molar-refractivity contribution >= 4 is 15.5 Å². The van der Waals surface area contributed by atoms with Gasteiger partial charge in [-0.2, -0.15) is 4.36 Å². The van der Waals surface area contributed by atoms with Gasteiger partial charge in [0, 0.05) is 23.8 Å². The Hall–Kier alpha value is -1.62. The largest absolute Gasteiger partial charge is 0.249 e. The van der Waals surface area contributed by atoms with Crippen molar-refractivity contribution < 1.29 is 4.21 Å². The molecule has 0 unspecified atom stereocenters. The normalized spacial score (nSPS) is 17.4. The van der Waals surface area contributed by atoms with Gasteiger partial charge in [0.05, 0.1) is 15.4 Å². The maximum Gasteiger partial charge on any atom is 0.183 e. The lowest BCUT2D eigenvalue weighted by molar-refractivity contribution is 0.663. The van der Waals surface area contributed by atoms with Gasteiger partial charge in [-0.05, 0) is 18.6 Å². The molecular formula is C12H13N3OS. The number of nitrogens with zero attached hydrogens (tertiary/aromatic N) is 3. The molecule has 4 nitrogen and oxygen atoms in total. The summed E-state index contributed by atoms with van der Waals surface area (Å²) in [5.74, 6) is 2.00. The number of benzene rings is 1. The molecule has 88 valence electrons. The predicted octanol–water partition coefficient (Wildman–Crippen LogP) is 2.38. The SMILES string of the molecule is O=S1(=Nc2ccn(-c3ccccc3)n2)CCC1. The average molecular weight is 247 g/mol. The molecule has 1 aromatic heterocycles. The van der Waals surface area contributed by atoms with E-state index in [-0.39, 0.29) is 0 Å². The highest BCUT2D eigenvalue weighted by Crippen LogP contribution is 2.20. The molecule has 1 aliphatic heterocycles. The first-order valence-electron chi connectivity index (χ1n) is 5.59. The minimum atomic E-state index is -1.96. The molecule has 2 aromatic rings. The van der Waals surface area contributed by atoms with Crippen molar-refractivity contribution in [2.24, 2.45) is 4.36 Å². The molecule has 1 saturated heterocycles. The van der Waals surface area contributed by atoms with E-state index in [0.29, 0.717) is 17.3 Å². The summed E-state index contributed by atoms with van der Waals surface area (Å²) < 4.78 is 17.9. The van der Waals surface area contributed by atoms with E-state index < -0.39 is 9.73 Å². The van der Waals surface area contributed by atoms with Crippen LogP contribution in [0.5, 0.6) is 0 Å². The summed E-state index contributed by atoms with van der Waals surface area (Å²) in [6.07, 6.45) is 2.86. The van der Waals surface area contributed by atoms with Crippen molar-refractivity contribution in [3.05, 3.63) is 42.6 Å². The Morgan fingerprint density at radius 3 is 2.59 bits per heavy atom. The molecule has 0 spiro atoms. The second kappa shape index (κ2) is 4.00. The van der Waals surface area contributed by atoms with Crippen molar-refractivity contribution in [1.82, 2.24) is 9.78 Å². The number of hydrogen-bond donors (Lipinski definition) is 0. The fourth-order valence-corrected chi connectivity index (χ4v) is 3.14. The van der Waals surface area contributed by atoms with Crippen molar-refractivity contribution in [2.45, 2.75) is 6.42 Å². The van der Waals surface area contributed by atoms with Crippen LogP contribution in [0, 0.1) is 0 Å². The third kappa shape index (κ3) is 2.10. The first-order chi connectivity index (χ1) is 8.25. The first-order valence-corrected chi connectivity index (χ1v) is 7.44. The summed E-state index contributed by atoms with van der Waals surface area (Å²) in [6, 6.07) is 11.6. The van der Waals surface area contributed by atoms with E-state index in [1.807, 2.05) is 36.5 Å². The van der Waals surface area contributed by atoms with E-state index in [4.69, 9.17) is 0 Å². The second-order valence-electron chi connectivity index (χ2n) is 4.08. The van der Waals surface area contributed by atoms with E-state index in [2.05, 4.69) is 9.46 Å². The lowest BCUT2D eigenvalue weighted by atomic mass is 10.3. The Labute approximate surface area is 100 Å². The van der Waals surface area contributed by atoms with Crippen molar-refractivity contribution in [2.75, 3.05) is 11.5 Å². The molecule has 5 heteroatoms. The van der Waals surface area contributed by atoms with Crippen LogP contribution in [0.4, 0.5) is 5.82 Å². The second-order valence-corrected chi connectivity index (χ2v) is 6.62. The van der Waals surface area contributed by atoms with Crippen LogP contribution in [0.3, 0.4) is 0 Å². The Kier molecular flexibility index (Phi) is 2.48. The van der Waals surface area contributed by atoms with Gasteiger partial charge in [0.2, 0.25) is 0 Å². The lowest BCUT2D eigenvalue weighted by Gasteiger charge is -2.16. The van der Waals surface area contributed by atoms with Crippen LogP contribution in [-0.4, -0.2) is 25.5 Å². The standard InChI is InChI=1S/C12H13N3OS/c16-17(9-4-10-17)14-12-7-8-15(13-12)11-5-2-1-3-6-11/h1-3,5-8H,4,9-10H2. The zero-order chi connectivity index (χ0) is 11.7.